The minimum atomic E-state index is -6.06. The quantitative estimate of drug-likeness (QED) is 0.272. The van der Waals surface area contributed by atoms with Crippen LogP contribution in [0.2, 0.25) is 0 Å². The van der Waals surface area contributed by atoms with Gasteiger partial charge in [-0.15, -0.1) is 0 Å². The Bertz CT molecular complexity index is 1460. The highest BCUT2D eigenvalue weighted by molar-refractivity contribution is 6.07. The van der Waals surface area contributed by atoms with Crippen molar-refractivity contribution in [3.63, 3.8) is 0 Å². The average molecular weight is 590 g/mol. The lowest BCUT2D eigenvalue weighted by Crippen LogP contribution is -2.53. The van der Waals surface area contributed by atoms with Crippen LogP contribution in [0.5, 0.6) is 11.5 Å². The van der Waals surface area contributed by atoms with E-state index in [1.807, 2.05) is 6.92 Å². The second-order valence-electron chi connectivity index (χ2n) is 10.3. The van der Waals surface area contributed by atoms with Gasteiger partial charge in [0.05, 0.1) is 37.3 Å². The van der Waals surface area contributed by atoms with E-state index in [4.69, 9.17) is 18.9 Å². The van der Waals surface area contributed by atoms with Crippen molar-refractivity contribution >= 4 is 21.7 Å². The summed E-state index contributed by atoms with van der Waals surface area (Å²) in [6.45, 7) is 3.56. The summed E-state index contributed by atoms with van der Waals surface area (Å²) in [6.07, 6.45) is -10.5. The molecule has 5 rings (SSSR count). The zero-order chi connectivity index (χ0) is 29.6. The summed E-state index contributed by atoms with van der Waals surface area (Å²) < 4.78 is 107. The highest BCUT2D eigenvalue weighted by atomic mass is 19.4. The Labute approximate surface area is 230 Å². The monoisotopic (exact) mass is 589 g/mol. The van der Waals surface area contributed by atoms with Gasteiger partial charge < -0.3 is 28.6 Å². The number of benzene rings is 2. The summed E-state index contributed by atoms with van der Waals surface area (Å²) in [4.78, 5) is 13.7. The van der Waals surface area contributed by atoms with Crippen molar-refractivity contribution in [1.29, 1.82) is 0 Å². The lowest BCUT2D eigenvalue weighted by Gasteiger charge is -2.33. The number of alkyl halides is 6. The Kier molecular flexibility index (Phi) is 7.90. The maximum absolute atomic E-state index is 13.8. The summed E-state index contributed by atoms with van der Waals surface area (Å²) in [5, 5.41) is 10.1. The van der Waals surface area contributed by atoms with Crippen LogP contribution in [0.25, 0.3) is 21.7 Å². The number of unbranched alkanes of at least 4 members (excludes halogenated alkanes) is 1. The fourth-order valence-electron chi connectivity index (χ4n) is 5.21. The van der Waals surface area contributed by atoms with Gasteiger partial charge in [0.1, 0.15) is 12.2 Å². The zero-order valence-electron chi connectivity index (χ0n) is 22.1. The summed E-state index contributed by atoms with van der Waals surface area (Å²) in [5.41, 5.74) is -6.91. The van der Waals surface area contributed by atoms with Crippen molar-refractivity contribution in [2.24, 2.45) is 0 Å². The van der Waals surface area contributed by atoms with Crippen LogP contribution >= 0.6 is 0 Å². The number of halogens is 6. The molecule has 0 spiro atoms. The van der Waals surface area contributed by atoms with Gasteiger partial charge in [-0.1, -0.05) is 19.4 Å². The predicted octanol–water partition coefficient (Wildman–Crippen LogP) is 5.60. The number of ether oxygens (including phenoxy) is 4. The zero-order valence-corrected chi connectivity index (χ0v) is 22.1. The number of hydrogen-bond donors (Lipinski definition) is 1. The molecule has 1 aromatic heterocycles. The van der Waals surface area contributed by atoms with Gasteiger partial charge in [0.25, 0.3) is 11.2 Å². The molecule has 2 atom stereocenters. The minimum absolute atomic E-state index is 0.0252. The maximum Gasteiger partial charge on any atom is 0.430 e. The summed E-state index contributed by atoms with van der Waals surface area (Å²) >= 11 is 0. The van der Waals surface area contributed by atoms with Crippen LogP contribution in [-0.2, 0) is 21.6 Å². The molecule has 2 aliphatic rings. The highest BCUT2D eigenvalue weighted by Crippen LogP contribution is 2.50. The van der Waals surface area contributed by atoms with E-state index in [1.165, 1.54) is 16.7 Å². The molecule has 2 saturated heterocycles. The smallest absolute Gasteiger partial charge is 0.430 e. The highest BCUT2D eigenvalue weighted by Gasteiger charge is 2.71. The second kappa shape index (κ2) is 11.0. The van der Waals surface area contributed by atoms with Gasteiger partial charge in [0, 0.05) is 35.7 Å². The molecular formula is C28H29F6NO6. The molecule has 41 heavy (non-hydrogen) atoms. The van der Waals surface area contributed by atoms with Crippen molar-refractivity contribution in [2.45, 2.75) is 69.3 Å². The number of aliphatic hydroxyl groups is 1. The van der Waals surface area contributed by atoms with Gasteiger partial charge >= 0.3 is 12.4 Å². The summed E-state index contributed by atoms with van der Waals surface area (Å²) in [6, 6.07) is 5.03. The van der Waals surface area contributed by atoms with E-state index in [0.29, 0.717) is 57.6 Å². The van der Waals surface area contributed by atoms with Crippen LogP contribution in [-0.4, -0.2) is 60.7 Å². The number of hydrogen-bond acceptors (Lipinski definition) is 6. The van der Waals surface area contributed by atoms with E-state index >= 15 is 0 Å². The maximum atomic E-state index is 13.8. The van der Waals surface area contributed by atoms with Gasteiger partial charge in [-0.3, -0.25) is 4.79 Å². The standard InChI is InChI=1S/C28H29F6NO6/c1-2-3-8-35-22-5-4-16(26(37,27(29,30)31)28(32,33)34)11-20(22)19-12-23(40-17-6-9-38-14-17)24(13-21(19)25(35)36)41-18-7-10-39-15-18/h4-5,11-13,17-18,37H,2-3,6-10,14-15H2,1H3. The topological polar surface area (TPSA) is 79.2 Å². The number of aromatic nitrogens is 1. The minimum Gasteiger partial charge on any atom is -0.484 e. The van der Waals surface area contributed by atoms with Crippen molar-refractivity contribution in [2.75, 3.05) is 26.4 Å². The average Bonchev–Trinajstić information content (AvgIpc) is 3.62. The molecule has 3 aromatic rings. The molecular weight excluding hydrogens is 560 g/mol. The Hall–Kier alpha value is -3.03. The van der Waals surface area contributed by atoms with Crippen molar-refractivity contribution in [1.82, 2.24) is 4.57 Å². The molecule has 0 saturated carbocycles. The molecule has 2 fully saturated rings. The van der Waals surface area contributed by atoms with E-state index in [9.17, 15) is 36.2 Å². The lowest BCUT2D eigenvalue weighted by molar-refractivity contribution is -0.376. The van der Waals surface area contributed by atoms with Gasteiger partial charge in [0.2, 0.25) is 0 Å². The number of pyridine rings is 1. The summed E-state index contributed by atoms with van der Waals surface area (Å²) in [5.74, 6) is 0.371. The van der Waals surface area contributed by atoms with Gasteiger partial charge in [0.15, 0.2) is 11.5 Å². The van der Waals surface area contributed by atoms with Crippen LogP contribution in [0, 0.1) is 0 Å². The van der Waals surface area contributed by atoms with Crippen LogP contribution in [0.15, 0.2) is 35.1 Å². The first-order valence-electron chi connectivity index (χ1n) is 13.3. The van der Waals surface area contributed by atoms with Gasteiger partial charge in [-0.25, -0.2) is 0 Å². The van der Waals surface area contributed by atoms with Crippen LogP contribution in [0.1, 0.15) is 38.2 Å². The molecule has 7 nitrogen and oxygen atoms in total. The third kappa shape index (κ3) is 5.35. The number of aryl methyl sites for hydroxylation is 1. The molecule has 13 heteroatoms. The number of rotatable bonds is 8. The Morgan fingerprint density at radius 3 is 1.93 bits per heavy atom. The van der Waals surface area contributed by atoms with E-state index in [1.54, 1.807) is 0 Å². The SMILES string of the molecule is CCCCn1c(=O)c2cc(OC3CCOC3)c(OC3CCOC3)cc2c2cc(C(O)(C(F)(F)F)C(F)(F)F)ccc21. The molecule has 0 radical (unpaired) electrons. The van der Waals surface area contributed by atoms with Crippen LogP contribution in [0.4, 0.5) is 26.3 Å². The fraction of sp³-hybridized carbons (Fsp3) is 0.536. The van der Waals surface area contributed by atoms with Crippen molar-refractivity contribution < 1.29 is 50.4 Å². The normalized spacial score (nSPS) is 20.3. The van der Waals surface area contributed by atoms with E-state index in [0.717, 1.165) is 6.07 Å². The molecule has 0 amide bonds. The summed E-state index contributed by atoms with van der Waals surface area (Å²) in [7, 11) is 0. The van der Waals surface area contributed by atoms with E-state index < -0.39 is 29.1 Å². The molecule has 224 valence electrons. The van der Waals surface area contributed by atoms with Crippen LogP contribution < -0.4 is 15.0 Å². The third-order valence-electron chi connectivity index (χ3n) is 7.47. The van der Waals surface area contributed by atoms with Crippen LogP contribution in [0.3, 0.4) is 0 Å². The molecule has 2 unspecified atom stereocenters. The van der Waals surface area contributed by atoms with Crippen molar-refractivity contribution in [3.05, 3.63) is 46.2 Å². The fourth-order valence-corrected chi connectivity index (χ4v) is 5.21. The predicted molar refractivity (Wildman–Crippen MR) is 136 cm³/mol. The first kappa shape index (κ1) is 29.5. The third-order valence-corrected chi connectivity index (χ3v) is 7.47. The van der Waals surface area contributed by atoms with Gasteiger partial charge in [-0.05, 0) is 30.7 Å². The van der Waals surface area contributed by atoms with Crippen molar-refractivity contribution in [3.8, 4) is 11.5 Å². The Balaban J connectivity index is 1.79. The van der Waals surface area contributed by atoms with Gasteiger partial charge in [-0.2, -0.15) is 26.3 Å². The number of fused-ring (bicyclic) bond motifs is 3. The largest absolute Gasteiger partial charge is 0.484 e. The number of nitrogens with zero attached hydrogens (tertiary/aromatic N) is 1. The second-order valence-corrected chi connectivity index (χ2v) is 10.3. The first-order valence-corrected chi connectivity index (χ1v) is 13.3. The molecule has 0 bridgehead atoms. The van der Waals surface area contributed by atoms with E-state index in [-0.39, 0.29) is 58.5 Å². The lowest BCUT2D eigenvalue weighted by atomic mass is 9.90. The molecule has 0 aliphatic carbocycles. The molecule has 2 aliphatic heterocycles. The molecule has 2 aromatic carbocycles. The Morgan fingerprint density at radius 1 is 0.878 bits per heavy atom. The first-order chi connectivity index (χ1) is 19.3. The molecule has 1 N–H and O–H groups in total. The Morgan fingerprint density at radius 2 is 1.44 bits per heavy atom. The molecule has 3 heterocycles. The van der Waals surface area contributed by atoms with E-state index in [2.05, 4.69) is 0 Å².